The molecule has 1 amide bonds. The molecule has 2 N–H and O–H groups in total. The predicted octanol–water partition coefficient (Wildman–Crippen LogP) is 3.77. The van der Waals surface area contributed by atoms with E-state index in [4.69, 9.17) is 0 Å². The van der Waals surface area contributed by atoms with Crippen molar-refractivity contribution in [3.63, 3.8) is 0 Å². The first-order valence-electron chi connectivity index (χ1n) is 7.98. The smallest absolute Gasteiger partial charge is 0.262 e. The third-order valence-electron chi connectivity index (χ3n) is 4.40. The molecule has 0 saturated heterocycles. The third kappa shape index (κ3) is 2.55. The molecule has 1 aliphatic heterocycles. The molecule has 0 unspecified atom stereocenters. The minimum absolute atomic E-state index is 0.157. The summed E-state index contributed by atoms with van der Waals surface area (Å²) >= 11 is 0. The van der Waals surface area contributed by atoms with Crippen LogP contribution in [-0.4, -0.2) is 14.3 Å². The van der Waals surface area contributed by atoms with Gasteiger partial charge in [-0.3, -0.25) is 9.52 Å². The molecule has 6 heteroatoms. The van der Waals surface area contributed by atoms with Crippen LogP contribution in [-0.2, 0) is 16.4 Å². The molecule has 3 aromatic rings. The van der Waals surface area contributed by atoms with Gasteiger partial charge in [-0.15, -0.1) is 0 Å². The van der Waals surface area contributed by atoms with Crippen LogP contribution in [0.1, 0.15) is 22.8 Å². The number of hydrogen-bond acceptors (Lipinski definition) is 3. The van der Waals surface area contributed by atoms with Crippen LogP contribution in [0.4, 0.5) is 11.4 Å². The van der Waals surface area contributed by atoms with Gasteiger partial charge in [-0.05, 0) is 42.3 Å². The SMILES string of the molecule is CCc1ccc(NS(=O)(=O)c2ccc3c4c(cccc24)C(=O)N3)cc1. The summed E-state index contributed by atoms with van der Waals surface area (Å²) < 4.78 is 28.4. The summed E-state index contributed by atoms with van der Waals surface area (Å²) in [4.78, 5) is 12.1. The van der Waals surface area contributed by atoms with E-state index < -0.39 is 10.0 Å². The van der Waals surface area contributed by atoms with Crippen LogP contribution in [0.15, 0.2) is 59.5 Å². The molecule has 4 rings (SSSR count). The Balaban J connectivity index is 1.81. The topological polar surface area (TPSA) is 75.3 Å². The molecule has 0 saturated carbocycles. The quantitative estimate of drug-likeness (QED) is 0.750. The highest BCUT2D eigenvalue weighted by molar-refractivity contribution is 7.93. The summed E-state index contributed by atoms with van der Waals surface area (Å²) in [6.45, 7) is 2.04. The van der Waals surface area contributed by atoms with Crippen LogP contribution in [0, 0.1) is 0 Å². The van der Waals surface area contributed by atoms with Crippen molar-refractivity contribution in [2.24, 2.45) is 0 Å². The maximum Gasteiger partial charge on any atom is 0.262 e. The second-order valence-corrected chi connectivity index (χ2v) is 7.60. The number of amides is 1. The first-order chi connectivity index (χ1) is 12.0. The van der Waals surface area contributed by atoms with E-state index in [1.54, 1.807) is 36.4 Å². The zero-order chi connectivity index (χ0) is 17.6. The number of sulfonamides is 1. The highest BCUT2D eigenvalue weighted by Crippen LogP contribution is 2.36. The van der Waals surface area contributed by atoms with Gasteiger partial charge in [0.15, 0.2) is 0 Å². The Hall–Kier alpha value is -2.86. The zero-order valence-electron chi connectivity index (χ0n) is 13.5. The lowest BCUT2D eigenvalue weighted by Crippen LogP contribution is -2.13. The molecule has 0 aliphatic carbocycles. The highest BCUT2D eigenvalue weighted by Gasteiger charge is 2.26. The molecule has 0 atom stereocenters. The number of anilines is 2. The van der Waals surface area contributed by atoms with E-state index in [2.05, 4.69) is 10.0 Å². The Kier molecular flexibility index (Phi) is 3.51. The van der Waals surface area contributed by atoms with Gasteiger partial charge < -0.3 is 5.32 Å². The summed E-state index contributed by atoms with van der Waals surface area (Å²) in [5.74, 6) is -0.210. The van der Waals surface area contributed by atoms with Crippen LogP contribution in [0.5, 0.6) is 0 Å². The van der Waals surface area contributed by atoms with Gasteiger partial charge in [-0.1, -0.05) is 31.2 Å². The first kappa shape index (κ1) is 15.7. The van der Waals surface area contributed by atoms with Crippen molar-refractivity contribution in [1.82, 2.24) is 0 Å². The van der Waals surface area contributed by atoms with Gasteiger partial charge in [-0.2, -0.15) is 0 Å². The van der Waals surface area contributed by atoms with Crippen molar-refractivity contribution in [1.29, 1.82) is 0 Å². The maximum atomic E-state index is 12.9. The fourth-order valence-electron chi connectivity index (χ4n) is 3.12. The van der Waals surface area contributed by atoms with Crippen LogP contribution >= 0.6 is 0 Å². The maximum absolute atomic E-state index is 12.9. The van der Waals surface area contributed by atoms with Gasteiger partial charge in [0, 0.05) is 27.7 Å². The van der Waals surface area contributed by atoms with E-state index in [0.717, 1.165) is 12.0 Å². The number of benzene rings is 3. The van der Waals surface area contributed by atoms with Gasteiger partial charge in [0.05, 0.1) is 4.90 Å². The highest BCUT2D eigenvalue weighted by atomic mass is 32.2. The van der Waals surface area contributed by atoms with Crippen LogP contribution in [0.2, 0.25) is 0 Å². The molecule has 0 fully saturated rings. The molecule has 0 bridgehead atoms. The second-order valence-electron chi connectivity index (χ2n) is 5.95. The van der Waals surface area contributed by atoms with Gasteiger partial charge in [0.25, 0.3) is 15.9 Å². The molecule has 25 heavy (non-hydrogen) atoms. The largest absolute Gasteiger partial charge is 0.321 e. The number of hydrogen-bond donors (Lipinski definition) is 2. The van der Waals surface area contributed by atoms with Crippen LogP contribution in [0.25, 0.3) is 10.8 Å². The number of carbonyl (C=O) groups excluding carboxylic acids is 1. The summed E-state index contributed by atoms with van der Waals surface area (Å²) in [5, 5.41) is 3.94. The number of aryl methyl sites for hydroxylation is 1. The third-order valence-corrected chi connectivity index (χ3v) is 5.84. The number of nitrogens with one attached hydrogen (secondary N) is 2. The molecular weight excluding hydrogens is 336 g/mol. The average Bonchev–Trinajstić information content (AvgIpc) is 2.93. The normalized spacial score (nSPS) is 13.1. The summed E-state index contributed by atoms with van der Waals surface area (Å²) in [7, 11) is -3.77. The Labute approximate surface area is 145 Å². The van der Waals surface area contributed by atoms with Crippen molar-refractivity contribution in [3.8, 4) is 0 Å². The summed E-state index contributed by atoms with van der Waals surface area (Å²) in [6.07, 6.45) is 0.892. The molecule has 5 nitrogen and oxygen atoms in total. The molecule has 0 spiro atoms. The molecule has 3 aromatic carbocycles. The molecule has 126 valence electrons. The second kappa shape index (κ2) is 5.60. The summed E-state index contributed by atoms with van der Waals surface area (Å²) in [5.41, 5.74) is 2.78. The first-order valence-corrected chi connectivity index (χ1v) is 9.47. The standard InChI is InChI=1S/C19H16N2O3S/c1-2-12-6-8-13(9-7-12)21-25(23,24)17-11-10-16-18-14(17)4-3-5-15(18)19(22)20-16/h3-11,21H,2H2,1H3,(H,20,22). The van der Waals surface area contributed by atoms with Crippen LogP contribution in [0.3, 0.4) is 0 Å². The Morgan fingerprint density at radius 1 is 1.00 bits per heavy atom. The van der Waals surface area contributed by atoms with E-state index >= 15 is 0 Å². The predicted molar refractivity (Wildman–Crippen MR) is 98.5 cm³/mol. The van der Waals surface area contributed by atoms with Crippen molar-refractivity contribution in [2.45, 2.75) is 18.2 Å². The lowest BCUT2D eigenvalue weighted by molar-refractivity contribution is 0.103. The minimum atomic E-state index is -3.77. The van der Waals surface area contributed by atoms with E-state index in [1.807, 2.05) is 19.1 Å². The van der Waals surface area contributed by atoms with E-state index in [1.165, 1.54) is 6.07 Å². The number of rotatable bonds is 4. The average molecular weight is 352 g/mol. The molecule has 1 aliphatic rings. The lowest BCUT2D eigenvalue weighted by atomic mass is 10.1. The zero-order valence-corrected chi connectivity index (χ0v) is 14.4. The van der Waals surface area contributed by atoms with Crippen molar-refractivity contribution < 1.29 is 13.2 Å². The fraction of sp³-hybridized carbons (Fsp3) is 0.105. The van der Waals surface area contributed by atoms with Crippen molar-refractivity contribution in [3.05, 3.63) is 65.7 Å². The van der Waals surface area contributed by atoms with E-state index in [-0.39, 0.29) is 10.8 Å². The monoisotopic (exact) mass is 352 g/mol. The van der Waals surface area contributed by atoms with Crippen molar-refractivity contribution >= 4 is 38.1 Å². The van der Waals surface area contributed by atoms with Gasteiger partial charge in [0.1, 0.15) is 0 Å². The molecule has 0 radical (unpaired) electrons. The molecule has 1 heterocycles. The molecule has 0 aromatic heterocycles. The van der Waals surface area contributed by atoms with Gasteiger partial charge in [0.2, 0.25) is 0 Å². The lowest BCUT2D eigenvalue weighted by Gasteiger charge is -2.11. The van der Waals surface area contributed by atoms with E-state index in [9.17, 15) is 13.2 Å². The minimum Gasteiger partial charge on any atom is -0.321 e. The van der Waals surface area contributed by atoms with E-state index in [0.29, 0.717) is 27.7 Å². The molecular formula is C19H16N2O3S. The summed E-state index contributed by atoms with van der Waals surface area (Å²) in [6, 6.07) is 15.6. The van der Waals surface area contributed by atoms with Crippen molar-refractivity contribution in [2.75, 3.05) is 10.0 Å². The number of carbonyl (C=O) groups is 1. The fourth-order valence-corrected chi connectivity index (χ4v) is 4.38. The van der Waals surface area contributed by atoms with Gasteiger partial charge >= 0.3 is 0 Å². The van der Waals surface area contributed by atoms with Gasteiger partial charge in [-0.25, -0.2) is 8.42 Å². The van der Waals surface area contributed by atoms with Crippen LogP contribution < -0.4 is 10.0 Å². The Morgan fingerprint density at radius 2 is 1.76 bits per heavy atom. The Bertz CT molecular complexity index is 1100. The Morgan fingerprint density at radius 3 is 2.48 bits per heavy atom.